The number of nitrogens with one attached hydrogen (secondary N) is 1. The zero-order valence-electron chi connectivity index (χ0n) is 17.7. The number of rotatable bonds is 1. The number of nitrogens with zero attached hydrogens (tertiary/aromatic N) is 2. The Hall–Kier alpha value is -3.07. The van der Waals surface area contributed by atoms with Gasteiger partial charge in [0.2, 0.25) is 0 Å². The van der Waals surface area contributed by atoms with E-state index in [-0.39, 0.29) is 5.54 Å². The minimum absolute atomic E-state index is 0.0224. The van der Waals surface area contributed by atoms with Gasteiger partial charge in [0.25, 0.3) is 0 Å². The molecule has 0 bridgehead atoms. The molecule has 150 valence electrons. The maximum absolute atomic E-state index is 5.20. The Balaban J connectivity index is 1.57. The Morgan fingerprint density at radius 2 is 1.73 bits per heavy atom. The zero-order chi connectivity index (χ0) is 20.3. The van der Waals surface area contributed by atoms with Crippen molar-refractivity contribution >= 4 is 33.2 Å². The number of benzene rings is 3. The normalized spacial score (nSPS) is 20.5. The van der Waals surface area contributed by atoms with Crippen LogP contribution in [0.3, 0.4) is 0 Å². The summed E-state index contributed by atoms with van der Waals surface area (Å²) < 4.78 is 0. The van der Waals surface area contributed by atoms with Gasteiger partial charge in [-0.05, 0) is 61.6 Å². The highest BCUT2D eigenvalue weighted by Gasteiger charge is 2.36. The van der Waals surface area contributed by atoms with E-state index in [1.165, 1.54) is 44.3 Å². The fourth-order valence-corrected chi connectivity index (χ4v) is 5.43. The predicted molar refractivity (Wildman–Crippen MR) is 127 cm³/mol. The van der Waals surface area contributed by atoms with Crippen LogP contribution in [-0.4, -0.2) is 16.4 Å². The third-order valence-corrected chi connectivity index (χ3v) is 6.91. The van der Waals surface area contributed by atoms with Gasteiger partial charge in [0.05, 0.1) is 11.6 Å². The summed E-state index contributed by atoms with van der Waals surface area (Å²) in [4.78, 5) is 11.3. The summed E-state index contributed by atoms with van der Waals surface area (Å²) in [6, 6.07) is 22.4. The van der Waals surface area contributed by atoms with E-state index in [9.17, 15) is 0 Å². The number of hydrogen-bond acceptors (Lipinski definition) is 2. The Bertz CT molecular complexity index is 1290. The van der Waals surface area contributed by atoms with E-state index in [0.717, 1.165) is 25.7 Å². The summed E-state index contributed by atoms with van der Waals surface area (Å²) >= 11 is 0. The molecule has 3 aromatic carbocycles. The lowest BCUT2D eigenvalue weighted by Gasteiger charge is -2.39. The number of para-hydroxylation sites is 1. The SMILES string of the molecule is CC1(C)CCC(N2c3ccc4ccccc4c3CCC2c2c[nH]c3ccccc23)=N1. The molecule has 0 saturated carbocycles. The maximum Gasteiger partial charge on any atom is 0.105 e. The van der Waals surface area contributed by atoms with Gasteiger partial charge in [-0.2, -0.15) is 0 Å². The number of aromatic amines is 1. The van der Waals surface area contributed by atoms with Crippen LogP contribution < -0.4 is 4.90 Å². The average Bonchev–Trinajstić information content (AvgIpc) is 3.35. The van der Waals surface area contributed by atoms with Crippen LogP contribution in [0.1, 0.15) is 50.3 Å². The lowest BCUT2D eigenvalue weighted by Crippen LogP contribution is -2.37. The van der Waals surface area contributed by atoms with Crippen LogP contribution in [-0.2, 0) is 6.42 Å². The molecule has 0 fully saturated rings. The molecule has 1 atom stereocenters. The number of aromatic nitrogens is 1. The van der Waals surface area contributed by atoms with E-state index in [2.05, 4.69) is 90.6 Å². The van der Waals surface area contributed by atoms with Crippen molar-refractivity contribution in [2.45, 2.75) is 51.1 Å². The first-order valence-electron chi connectivity index (χ1n) is 11.1. The van der Waals surface area contributed by atoms with Crippen molar-refractivity contribution < 1.29 is 0 Å². The Labute approximate surface area is 177 Å². The number of aliphatic imine (C=N–C) groups is 1. The van der Waals surface area contributed by atoms with E-state index in [1.807, 2.05) is 0 Å². The summed E-state index contributed by atoms with van der Waals surface area (Å²) in [7, 11) is 0. The molecule has 3 heteroatoms. The van der Waals surface area contributed by atoms with Gasteiger partial charge in [0.15, 0.2) is 0 Å². The average molecular weight is 394 g/mol. The van der Waals surface area contributed by atoms with Gasteiger partial charge in [0, 0.05) is 34.8 Å². The van der Waals surface area contributed by atoms with Gasteiger partial charge < -0.3 is 9.88 Å². The first-order chi connectivity index (χ1) is 14.6. The molecule has 0 spiro atoms. The molecule has 0 amide bonds. The standard InChI is InChI=1S/C27H27N3/c1-27(2)16-15-26(29-27)30-24-13-11-18-7-3-4-8-19(18)21(24)12-14-25(30)22-17-28-23-10-6-5-9-20(22)23/h3-11,13,17,25,28H,12,14-16H2,1-2H3. The highest BCUT2D eigenvalue weighted by Crippen LogP contribution is 2.45. The summed E-state index contributed by atoms with van der Waals surface area (Å²) in [5, 5.41) is 4.04. The molecule has 0 saturated heterocycles. The molecule has 0 radical (unpaired) electrons. The monoisotopic (exact) mass is 393 g/mol. The predicted octanol–water partition coefficient (Wildman–Crippen LogP) is 6.79. The van der Waals surface area contributed by atoms with E-state index >= 15 is 0 Å². The quantitative estimate of drug-likeness (QED) is 0.379. The van der Waals surface area contributed by atoms with E-state index < -0.39 is 0 Å². The van der Waals surface area contributed by atoms with Gasteiger partial charge >= 0.3 is 0 Å². The second-order valence-corrected chi connectivity index (χ2v) is 9.34. The summed E-state index contributed by atoms with van der Waals surface area (Å²) in [5.74, 6) is 1.24. The molecule has 2 aliphatic rings. The van der Waals surface area contributed by atoms with Crippen molar-refractivity contribution in [3.05, 3.63) is 78.0 Å². The molecule has 2 aliphatic heterocycles. The number of fused-ring (bicyclic) bond motifs is 4. The van der Waals surface area contributed by atoms with Crippen LogP contribution in [0.2, 0.25) is 0 Å². The van der Waals surface area contributed by atoms with Gasteiger partial charge in [-0.15, -0.1) is 0 Å². The van der Waals surface area contributed by atoms with Crippen molar-refractivity contribution in [1.82, 2.24) is 4.98 Å². The van der Waals surface area contributed by atoms with Crippen LogP contribution in [0.4, 0.5) is 5.69 Å². The molecule has 1 unspecified atom stereocenters. The highest BCUT2D eigenvalue weighted by atomic mass is 15.2. The number of anilines is 1. The Morgan fingerprint density at radius 3 is 2.57 bits per heavy atom. The minimum atomic E-state index is 0.0224. The number of aryl methyl sites for hydroxylation is 1. The summed E-state index contributed by atoms with van der Waals surface area (Å²) in [6.07, 6.45) is 6.56. The molecular formula is C27H27N3. The van der Waals surface area contributed by atoms with Crippen molar-refractivity contribution in [3.8, 4) is 0 Å². The molecule has 1 N–H and O–H groups in total. The van der Waals surface area contributed by atoms with E-state index in [4.69, 9.17) is 4.99 Å². The summed E-state index contributed by atoms with van der Waals surface area (Å²) in [6.45, 7) is 4.51. The molecular weight excluding hydrogens is 366 g/mol. The van der Waals surface area contributed by atoms with Crippen molar-refractivity contribution in [2.75, 3.05) is 4.90 Å². The lowest BCUT2D eigenvalue weighted by molar-refractivity contribution is 0.522. The fraction of sp³-hybridized carbons (Fsp3) is 0.296. The van der Waals surface area contributed by atoms with Crippen LogP contribution in [0.25, 0.3) is 21.7 Å². The smallest absolute Gasteiger partial charge is 0.105 e. The second kappa shape index (κ2) is 6.46. The third kappa shape index (κ3) is 2.68. The van der Waals surface area contributed by atoms with Gasteiger partial charge in [-0.3, -0.25) is 4.99 Å². The number of amidine groups is 1. The van der Waals surface area contributed by atoms with Gasteiger partial charge in [-0.25, -0.2) is 0 Å². The molecule has 30 heavy (non-hydrogen) atoms. The molecule has 3 nitrogen and oxygen atoms in total. The van der Waals surface area contributed by atoms with Crippen LogP contribution in [0, 0.1) is 0 Å². The fourth-order valence-electron chi connectivity index (χ4n) is 5.43. The van der Waals surface area contributed by atoms with Crippen LogP contribution in [0.15, 0.2) is 71.9 Å². The van der Waals surface area contributed by atoms with Crippen molar-refractivity contribution in [1.29, 1.82) is 0 Å². The molecule has 3 heterocycles. The van der Waals surface area contributed by atoms with Crippen LogP contribution >= 0.6 is 0 Å². The topological polar surface area (TPSA) is 31.4 Å². The summed E-state index contributed by atoms with van der Waals surface area (Å²) in [5.41, 5.74) is 5.43. The van der Waals surface area contributed by atoms with Crippen LogP contribution in [0.5, 0.6) is 0 Å². The zero-order valence-corrected chi connectivity index (χ0v) is 17.7. The van der Waals surface area contributed by atoms with E-state index in [1.54, 1.807) is 0 Å². The molecule has 6 rings (SSSR count). The lowest BCUT2D eigenvalue weighted by atomic mass is 9.88. The Kier molecular flexibility index (Phi) is 3.83. The second-order valence-electron chi connectivity index (χ2n) is 9.34. The first kappa shape index (κ1) is 17.8. The number of hydrogen-bond donors (Lipinski definition) is 1. The number of H-pyrrole nitrogens is 1. The first-order valence-corrected chi connectivity index (χ1v) is 11.1. The largest absolute Gasteiger partial charge is 0.361 e. The van der Waals surface area contributed by atoms with Crippen molar-refractivity contribution in [3.63, 3.8) is 0 Å². The highest BCUT2D eigenvalue weighted by molar-refractivity contribution is 6.04. The Morgan fingerprint density at radius 1 is 0.933 bits per heavy atom. The van der Waals surface area contributed by atoms with Gasteiger partial charge in [-0.1, -0.05) is 48.5 Å². The van der Waals surface area contributed by atoms with Gasteiger partial charge in [0.1, 0.15) is 5.84 Å². The molecule has 0 aliphatic carbocycles. The molecule has 4 aromatic rings. The maximum atomic E-state index is 5.20. The molecule has 1 aromatic heterocycles. The van der Waals surface area contributed by atoms with E-state index in [0.29, 0.717) is 6.04 Å². The third-order valence-electron chi connectivity index (χ3n) is 6.91. The van der Waals surface area contributed by atoms with Crippen molar-refractivity contribution in [2.24, 2.45) is 4.99 Å². The minimum Gasteiger partial charge on any atom is -0.361 e.